The molecule has 172 valence electrons. The number of aryl methyl sites for hydroxylation is 3. The lowest BCUT2D eigenvalue weighted by atomic mass is 10.1. The van der Waals surface area contributed by atoms with E-state index >= 15 is 0 Å². The minimum absolute atomic E-state index is 0.0348. The first-order valence-corrected chi connectivity index (χ1v) is 12.1. The van der Waals surface area contributed by atoms with E-state index in [1.165, 1.54) is 11.8 Å². The van der Waals surface area contributed by atoms with Crippen molar-refractivity contribution in [3.63, 3.8) is 0 Å². The number of anilines is 1. The summed E-state index contributed by atoms with van der Waals surface area (Å²) in [5.74, 6) is 0.845. The molecule has 33 heavy (non-hydrogen) atoms. The van der Waals surface area contributed by atoms with Crippen molar-refractivity contribution < 1.29 is 9.59 Å². The number of hydrogen-bond donors (Lipinski definition) is 1. The van der Waals surface area contributed by atoms with Crippen LogP contribution in [-0.4, -0.2) is 50.3 Å². The topological polar surface area (TPSA) is 80.1 Å². The Morgan fingerprint density at radius 1 is 1.03 bits per heavy atom. The average Bonchev–Trinajstić information content (AvgIpc) is 3.45. The number of amides is 2. The second kappa shape index (κ2) is 9.79. The number of benzene rings is 2. The highest BCUT2D eigenvalue weighted by molar-refractivity contribution is 7.99. The molecular formula is C25H29N5O2S. The van der Waals surface area contributed by atoms with Gasteiger partial charge in [0.25, 0.3) is 5.91 Å². The Kier molecular flexibility index (Phi) is 6.83. The summed E-state index contributed by atoms with van der Waals surface area (Å²) in [7, 11) is 0. The lowest BCUT2D eigenvalue weighted by Crippen LogP contribution is -2.28. The van der Waals surface area contributed by atoms with Gasteiger partial charge in [-0.05, 0) is 75.4 Å². The van der Waals surface area contributed by atoms with Crippen LogP contribution in [0.15, 0.2) is 41.6 Å². The molecule has 1 aliphatic heterocycles. The van der Waals surface area contributed by atoms with Crippen molar-refractivity contribution in [2.75, 3.05) is 24.2 Å². The van der Waals surface area contributed by atoms with Crippen LogP contribution in [0.5, 0.6) is 0 Å². The summed E-state index contributed by atoms with van der Waals surface area (Å²) in [5, 5.41) is 12.2. The van der Waals surface area contributed by atoms with E-state index in [1.54, 1.807) is 0 Å². The zero-order valence-corrected chi connectivity index (χ0v) is 20.3. The molecule has 0 bridgehead atoms. The van der Waals surface area contributed by atoms with Gasteiger partial charge in [0.2, 0.25) is 5.91 Å². The fourth-order valence-corrected chi connectivity index (χ4v) is 4.87. The molecule has 1 saturated heterocycles. The number of carbonyl (C=O) groups is 2. The molecule has 0 aliphatic carbocycles. The fraction of sp³-hybridized carbons (Fsp3) is 0.360. The smallest absolute Gasteiger partial charge is 0.254 e. The van der Waals surface area contributed by atoms with E-state index < -0.39 is 0 Å². The molecule has 4 rings (SSSR count). The molecule has 0 unspecified atom stereocenters. The van der Waals surface area contributed by atoms with Gasteiger partial charge >= 0.3 is 0 Å². The van der Waals surface area contributed by atoms with Crippen LogP contribution >= 0.6 is 11.8 Å². The number of rotatable bonds is 6. The van der Waals surface area contributed by atoms with E-state index in [9.17, 15) is 9.59 Å². The lowest BCUT2D eigenvalue weighted by molar-refractivity contribution is -0.113. The van der Waals surface area contributed by atoms with Gasteiger partial charge in [-0.1, -0.05) is 30.0 Å². The van der Waals surface area contributed by atoms with E-state index in [-0.39, 0.29) is 17.6 Å². The molecule has 1 fully saturated rings. The number of hydrogen-bond acceptors (Lipinski definition) is 5. The average molecular weight is 464 g/mol. The number of thioether (sulfide) groups is 1. The van der Waals surface area contributed by atoms with Crippen LogP contribution in [-0.2, 0) is 4.79 Å². The van der Waals surface area contributed by atoms with Gasteiger partial charge in [0.05, 0.1) is 11.4 Å². The van der Waals surface area contributed by atoms with Crippen molar-refractivity contribution in [1.82, 2.24) is 19.7 Å². The third kappa shape index (κ3) is 4.95. The van der Waals surface area contributed by atoms with Crippen molar-refractivity contribution >= 4 is 29.3 Å². The number of nitrogens with one attached hydrogen (secondary N) is 1. The molecule has 0 radical (unpaired) electrons. The van der Waals surface area contributed by atoms with Gasteiger partial charge in [0.1, 0.15) is 5.82 Å². The highest BCUT2D eigenvalue weighted by Gasteiger charge is 2.22. The molecule has 8 heteroatoms. The Bertz CT molecular complexity index is 1200. The molecule has 1 aromatic heterocycles. The van der Waals surface area contributed by atoms with Gasteiger partial charge in [0, 0.05) is 24.3 Å². The first-order valence-electron chi connectivity index (χ1n) is 11.2. The molecule has 0 saturated carbocycles. The molecule has 2 heterocycles. The molecule has 7 nitrogen and oxygen atoms in total. The monoisotopic (exact) mass is 463 g/mol. The maximum absolute atomic E-state index is 12.8. The van der Waals surface area contributed by atoms with Gasteiger partial charge in [-0.25, -0.2) is 0 Å². The van der Waals surface area contributed by atoms with Gasteiger partial charge in [0.15, 0.2) is 5.16 Å². The van der Waals surface area contributed by atoms with Crippen molar-refractivity contribution in [2.24, 2.45) is 0 Å². The predicted octanol–water partition coefficient (Wildman–Crippen LogP) is 4.47. The highest BCUT2D eigenvalue weighted by Crippen LogP contribution is 2.26. The van der Waals surface area contributed by atoms with Gasteiger partial charge in [-0.2, -0.15) is 0 Å². The largest absolute Gasteiger partial charge is 0.339 e. The number of carbonyl (C=O) groups excluding carboxylic acids is 2. The van der Waals surface area contributed by atoms with Crippen LogP contribution in [0.2, 0.25) is 0 Å². The van der Waals surface area contributed by atoms with Crippen LogP contribution in [0.1, 0.15) is 45.7 Å². The summed E-state index contributed by atoms with van der Waals surface area (Å²) in [6.07, 6.45) is 2.09. The summed E-state index contributed by atoms with van der Waals surface area (Å²) in [6.45, 7) is 9.48. The molecule has 0 atom stereocenters. The Labute approximate surface area is 198 Å². The summed E-state index contributed by atoms with van der Waals surface area (Å²) in [6, 6.07) is 11.7. The Balaban J connectivity index is 1.47. The fourth-order valence-electron chi connectivity index (χ4n) is 4.08. The number of likely N-dealkylation sites (tertiary alicyclic amines) is 1. The maximum atomic E-state index is 12.8. The molecule has 3 aromatic rings. The van der Waals surface area contributed by atoms with Gasteiger partial charge < -0.3 is 10.2 Å². The first kappa shape index (κ1) is 23.0. The van der Waals surface area contributed by atoms with Crippen LogP contribution in [0, 0.1) is 27.7 Å². The second-order valence-corrected chi connectivity index (χ2v) is 9.41. The van der Waals surface area contributed by atoms with Gasteiger partial charge in [-0.3, -0.25) is 14.2 Å². The number of nitrogens with zero attached hydrogens (tertiary/aromatic N) is 4. The predicted molar refractivity (Wildman–Crippen MR) is 131 cm³/mol. The number of aromatic nitrogens is 3. The van der Waals surface area contributed by atoms with Crippen LogP contribution in [0.25, 0.3) is 5.69 Å². The van der Waals surface area contributed by atoms with Crippen LogP contribution < -0.4 is 5.32 Å². The van der Waals surface area contributed by atoms with Crippen molar-refractivity contribution in [1.29, 1.82) is 0 Å². The van der Waals surface area contributed by atoms with E-state index in [4.69, 9.17) is 0 Å². The molecular weight excluding hydrogens is 434 g/mol. The zero-order chi connectivity index (χ0) is 23.5. The van der Waals surface area contributed by atoms with E-state index in [0.29, 0.717) is 16.4 Å². The third-order valence-electron chi connectivity index (χ3n) is 5.96. The molecule has 1 N–H and O–H groups in total. The van der Waals surface area contributed by atoms with Crippen LogP contribution in [0.3, 0.4) is 0 Å². The van der Waals surface area contributed by atoms with Crippen molar-refractivity contribution in [3.8, 4) is 5.69 Å². The van der Waals surface area contributed by atoms with E-state index in [1.807, 2.05) is 48.4 Å². The highest BCUT2D eigenvalue weighted by atomic mass is 32.2. The summed E-state index contributed by atoms with van der Waals surface area (Å²) in [4.78, 5) is 27.5. The molecule has 2 aromatic carbocycles. The minimum atomic E-state index is -0.151. The molecule has 2 amide bonds. The Morgan fingerprint density at radius 2 is 1.79 bits per heavy atom. The summed E-state index contributed by atoms with van der Waals surface area (Å²) in [5.41, 5.74) is 5.39. The zero-order valence-electron chi connectivity index (χ0n) is 19.5. The molecule has 1 aliphatic rings. The minimum Gasteiger partial charge on any atom is -0.339 e. The second-order valence-electron chi connectivity index (χ2n) is 8.47. The molecule has 0 spiro atoms. The van der Waals surface area contributed by atoms with Crippen LogP contribution in [0.4, 0.5) is 5.69 Å². The van der Waals surface area contributed by atoms with E-state index in [0.717, 1.165) is 54.1 Å². The van der Waals surface area contributed by atoms with Crippen molar-refractivity contribution in [3.05, 3.63) is 64.5 Å². The standard InChI is InChI=1S/C25H29N5O2S/c1-16-10-11-17(2)22(14-16)30-19(4)27-28-25(30)33-15-23(31)26-21-9-7-8-20(18(21)3)24(32)29-12-5-6-13-29/h7-11,14H,5-6,12-13,15H2,1-4H3,(H,26,31). The van der Waals surface area contributed by atoms with Gasteiger partial charge in [-0.15, -0.1) is 10.2 Å². The Morgan fingerprint density at radius 3 is 2.55 bits per heavy atom. The summed E-state index contributed by atoms with van der Waals surface area (Å²) >= 11 is 1.34. The normalized spacial score (nSPS) is 13.4. The summed E-state index contributed by atoms with van der Waals surface area (Å²) < 4.78 is 1.99. The maximum Gasteiger partial charge on any atom is 0.254 e. The van der Waals surface area contributed by atoms with Crippen molar-refractivity contribution in [2.45, 2.75) is 45.7 Å². The Hall–Kier alpha value is -3.13. The lowest BCUT2D eigenvalue weighted by Gasteiger charge is -2.18. The quantitative estimate of drug-likeness (QED) is 0.546. The third-order valence-corrected chi connectivity index (χ3v) is 6.89. The van der Waals surface area contributed by atoms with E-state index in [2.05, 4.69) is 40.6 Å². The SMILES string of the molecule is Cc1ccc(C)c(-n2c(C)nnc2SCC(=O)Nc2cccc(C(=O)N3CCCC3)c2C)c1. The first-order chi connectivity index (χ1) is 15.8.